The number of ether oxygens (including phenoxy) is 2. The second kappa shape index (κ2) is 12.6. The number of carbonyl (C=O) groups is 3. The number of aliphatic carboxylic acids is 1. The molecule has 0 heterocycles. The van der Waals surface area contributed by atoms with Crippen molar-refractivity contribution < 1.29 is 29.0 Å². The van der Waals surface area contributed by atoms with Gasteiger partial charge in [0.1, 0.15) is 12.2 Å². The maximum absolute atomic E-state index is 12.3. The van der Waals surface area contributed by atoms with E-state index in [0.29, 0.717) is 6.42 Å². The molecule has 0 aliphatic heterocycles. The van der Waals surface area contributed by atoms with Crippen molar-refractivity contribution in [2.75, 3.05) is 6.54 Å². The summed E-state index contributed by atoms with van der Waals surface area (Å²) in [7, 11) is 0. The van der Waals surface area contributed by atoms with Crippen LogP contribution in [-0.2, 0) is 32.1 Å². The molecule has 34 heavy (non-hydrogen) atoms. The van der Waals surface area contributed by atoms with Crippen LogP contribution >= 0.6 is 0 Å². The molecule has 7 heteroatoms. The normalized spacial score (nSPS) is 12.8. The average molecular weight is 468 g/mol. The Kier molecular flexibility index (Phi) is 9.86. The van der Waals surface area contributed by atoms with Gasteiger partial charge in [0.25, 0.3) is 0 Å². The highest BCUT2D eigenvalue weighted by Crippen LogP contribution is 2.19. The van der Waals surface area contributed by atoms with Gasteiger partial charge < -0.3 is 19.9 Å². The Labute approximate surface area is 200 Å². The number of carboxylic acids is 1. The van der Waals surface area contributed by atoms with Gasteiger partial charge in [0.15, 0.2) is 0 Å². The van der Waals surface area contributed by atoms with Gasteiger partial charge in [-0.2, -0.15) is 0 Å². The molecule has 0 spiro atoms. The molecular formula is C27H33NO6. The number of rotatable bonds is 11. The molecule has 7 nitrogen and oxygen atoms in total. The van der Waals surface area contributed by atoms with E-state index in [1.54, 1.807) is 20.8 Å². The lowest BCUT2D eigenvalue weighted by Crippen LogP contribution is -2.36. The van der Waals surface area contributed by atoms with E-state index in [1.807, 2.05) is 54.6 Å². The zero-order valence-corrected chi connectivity index (χ0v) is 20.0. The first kappa shape index (κ1) is 26.6. The Balaban J connectivity index is 1.91. The zero-order valence-electron chi connectivity index (χ0n) is 20.0. The molecule has 2 atom stereocenters. The van der Waals surface area contributed by atoms with Crippen molar-refractivity contribution in [2.45, 2.75) is 45.8 Å². The van der Waals surface area contributed by atoms with E-state index in [1.165, 1.54) is 6.08 Å². The fourth-order valence-electron chi connectivity index (χ4n) is 3.33. The van der Waals surface area contributed by atoms with Gasteiger partial charge in [-0.15, -0.1) is 6.58 Å². The number of hydrogen-bond acceptors (Lipinski definition) is 5. The van der Waals surface area contributed by atoms with Crippen molar-refractivity contribution in [2.24, 2.45) is 11.8 Å². The van der Waals surface area contributed by atoms with Crippen LogP contribution in [0.2, 0.25) is 0 Å². The molecule has 2 rings (SSSR count). The number of amides is 1. The molecule has 0 aliphatic carbocycles. The highest BCUT2D eigenvalue weighted by Gasteiger charge is 2.29. The number of alkyl carbamates (subject to hydrolysis) is 1. The number of carbonyl (C=O) groups excluding carboxylic acids is 2. The molecule has 0 saturated heterocycles. The monoisotopic (exact) mass is 467 g/mol. The van der Waals surface area contributed by atoms with Crippen LogP contribution in [0.3, 0.4) is 0 Å². The van der Waals surface area contributed by atoms with Crippen molar-refractivity contribution in [3.8, 4) is 0 Å². The van der Waals surface area contributed by atoms with Crippen LogP contribution in [0.25, 0.3) is 0 Å². The predicted molar refractivity (Wildman–Crippen MR) is 129 cm³/mol. The molecule has 1 amide bonds. The minimum atomic E-state index is -1.14. The van der Waals surface area contributed by atoms with Crippen molar-refractivity contribution in [1.29, 1.82) is 0 Å². The van der Waals surface area contributed by atoms with Crippen LogP contribution in [0.1, 0.15) is 43.9 Å². The molecule has 0 saturated carbocycles. The third-order valence-electron chi connectivity index (χ3n) is 5.09. The Bertz CT molecular complexity index is 980. The van der Waals surface area contributed by atoms with Gasteiger partial charge in [-0.1, -0.05) is 60.7 Å². The van der Waals surface area contributed by atoms with E-state index in [-0.39, 0.29) is 19.6 Å². The smallest absolute Gasteiger partial charge is 0.407 e. The highest BCUT2D eigenvalue weighted by molar-refractivity contribution is 5.77. The molecule has 2 aromatic rings. The van der Waals surface area contributed by atoms with Crippen LogP contribution in [-0.4, -0.2) is 35.3 Å². The molecular weight excluding hydrogens is 434 g/mol. The molecule has 0 radical (unpaired) electrons. The Morgan fingerprint density at radius 3 is 2.24 bits per heavy atom. The van der Waals surface area contributed by atoms with Crippen molar-refractivity contribution >= 4 is 18.0 Å². The summed E-state index contributed by atoms with van der Waals surface area (Å²) in [6.07, 6.45) is 1.30. The molecule has 0 fully saturated rings. The predicted octanol–water partition coefficient (Wildman–Crippen LogP) is 4.74. The summed E-state index contributed by atoms with van der Waals surface area (Å²) in [5, 5.41) is 12.0. The Hall–Kier alpha value is -3.61. The average Bonchev–Trinajstić information content (AvgIpc) is 2.78. The van der Waals surface area contributed by atoms with E-state index in [0.717, 1.165) is 16.7 Å². The van der Waals surface area contributed by atoms with E-state index in [9.17, 15) is 19.5 Å². The van der Waals surface area contributed by atoms with E-state index >= 15 is 0 Å². The quantitative estimate of drug-likeness (QED) is 0.366. The first-order valence-electron chi connectivity index (χ1n) is 11.2. The maximum atomic E-state index is 12.3. The summed E-state index contributed by atoms with van der Waals surface area (Å²) in [4.78, 5) is 36.3. The van der Waals surface area contributed by atoms with Gasteiger partial charge in [0.2, 0.25) is 0 Å². The summed E-state index contributed by atoms with van der Waals surface area (Å²) in [6, 6.07) is 17.6. The second-order valence-electron chi connectivity index (χ2n) is 9.03. The lowest BCUT2D eigenvalue weighted by Gasteiger charge is -2.24. The molecule has 0 aromatic heterocycles. The summed E-state index contributed by atoms with van der Waals surface area (Å²) in [5.74, 6) is -3.49. The van der Waals surface area contributed by atoms with Crippen LogP contribution in [0.5, 0.6) is 0 Å². The zero-order chi connectivity index (χ0) is 25.1. The molecule has 182 valence electrons. The standard InChI is InChI=1S/C27H33NO6/c1-5-20(25(31)34-27(2,3)4)16-23(24(29)30)17-28-26(32)33-18-22-14-10-9-13-21(22)15-19-11-7-6-8-12-19/h5-14,20,23H,1,15-18H2,2-4H3,(H,28,32)(H,29,30). The van der Waals surface area contributed by atoms with Crippen LogP contribution in [0.4, 0.5) is 4.79 Å². The second-order valence-corrected chi connectivity index (χ2v) is 9.03. The largest absolute Gasteiger partial charge is 0.481 e. The molecule has 2 aromatic carbocycles. The van der Waals surface area contributed by atoms with Crippen LogP contribution in [0, 0.1) is 11.8 Å². The van der Waals surface area contributed by atoms with E-state index in [4.69, 9.17) is 9.47 Å². The van der Waals surface area contributed by atoms with Gasteiger partial charge in [0.05, 0.1) is 11.8 Å². The van der Waals surface area contributed by atoms with E-state index < -0.39 is 35.5 Å². The fourth-order valence-corrected chi connectivity index (χ4v) is 3.33. The highest BCUT2D eigenvalue weighted by atomic mass is 16.6. The first-order valence-corrected chi connectivity index (χ1v) is 11.2. The maximum Gasteiger partial charge on any atom is 0.407 e. The SMILES string of the molecule is C=CC(CC(CNC(=O)OCc1ccccc1Cc1ccccc1)C(=O)O)C(=O)OC(C)(C)C. The molecule has 2 unspecified atom stereocenters. The molecule has 0 aliphatic rings. The van der Waals surface area contributed by atoms with Gasteiger partial charge in [-0.3, -0.25) is 9.59 Å². The van der Waals surface area contributed by atoms with Gasteiger partial charge >= 0.3 is 18.0 Å². The lowest BCUT2D eigenvalue weighted by molar-refractivity contribution is -0.159. The number of benzene rings is 2. The Morgan fingerprint density at radius 2 is 1.65 bits per heavy atom. The number of esters is 1. The number of nitrogens with one attached hydrogen (secondary N) is 1. The molecule has 0 bridgehead atoms. The van der Waals surface area contributed by atoms with Crippen molar-refractivity contribution in [1.82, 2.24) is 5.32 Å². The fraction of sp³-hybridized carbons (Fsp3) is 0.370. The lowest BCUT2D eigenvalue weighted by atomic mass is 9.94. The summed E-state index contributed by atoms with van der Waals surface area (Å²) in [5.41, 5.74) is 2.35. The minimum absolute atomic E-state index is 0.0477. The van der Waals surface area contributed by atoms with Crippen molar-refractivity contribution in [3.05, 3.63) is 83.9 Å². The summed E-state index contributed by atoms with van der Waals surface area (Å²) < 4.78 is 10.6. The van der Waals surface area contributed by atoms with Crippen LogP contribution < -0.4 is 5.32 Å². The third kappa shape index (κ3) is 9.10. The summed E-state index contributed by atoms with van der Waals surface area (Å²) >= 11 is 0. The van der Waals surface area contributed by atoms with Gasteiger partial charge in [-0.05, 0) is 50.3 Å². The number of hydrogen-bond donors (Lipinski definition) is 2. The summed E-state index contributed by atoms with van der Waals surface area (Å²) in [6.45, 7) is 8.68. The third-order valence-corrected chi connectivity index (χ3v) is 5.09. The van der Waals surface area contributed by atoms with Crippen molar-refractivity contribution in [3.63, 3.8) is 0 Å². The van der Waals surface area contributed by atoms with Gasteiger partial charge in [-0.25, -0.2) is 4.79 Å². The topological polar surface area (TPSA) is 102 Å². The van der Waals surface area contributed by atoms with Gasteiger partial charge in [0, 0.05) is 6.54 Å². The van der Waals surface area contributed by atoms with Crippen LogP contribution in [0.15, 0.2) is 67.3 Å². The molecule has 2 N–H and O–H groups in total. The number of carboxylic acid groups (broad SMARTS) is 1. The minimum Gasteiger partial charge on any atom is -0.481 e. The Morgan fingerprint density at radius 1 is 1.03 bits per heavy atom. The first-order chi connectivity index (χ1) is 16.1. The van der Waals surface area contributed by atoms with E-state index in [2.05, 4.69) is 11.9 Å².